The minimum Gasteiger partial charge on any atom is -0.322 e. The molecule has 114 valence electrons. The SMILES string of the molecule is Cc1cc2nccc(NC(=O)N(C)Cc3cnc(C)s3)n2n1. The third-order valence-electron chi connectivity index (χ3n) is 3.12. The summed E-state index contributed by atoms with van der Waals surface area (Å²) in [5, 5.41) is 8.17. The van der Waals surface area contributed by atoms with Crippen molar-refractivity contribution in [2.24, 2.45) is 0 Å². The first kappa shape index (κ1) is 14.5. The van der Waals surface area contributed by atoms with Crippen molar-refractivity contribution in [1.29, 1.82) is 0 Å². The van der Waals surface area contributed by atoms with Crippen LogP contribution in [0, 0.1) is 13.8 Å². The monoisotopic (exact) mass is 316 g/mol. The van der Waals surface area contributed by atoms with Crippen LogP contribution in [0.25, 0.3) is 5.65 Å². The average molecular weight is 316 g/mol. The lowest BCUT2D eigenvalue weighted by atomic mass is 10.5. The molecule has 0 saturated carbocycles. The van der Waals surface area contributed by atoms with Gasteiger partial charge in [0.05, 0.1) is 17.2 Å². The van der Waals surface area contributed by atoms with Crippen LogP contribution in [0.5, 0.6) is 0 Å². The molecule has 0 atom stereocenters. The highest BCUT2D eigenvalue weighted by atomic mass is 32.1. The number of urea groups is 1. The molecule has 0 radical (unpaired) electrons. The molecule has 3 heterocycles. The van der Waals surface area contributed by atoms with Crippen LogP contribution in [0.2, 0.25) is 0 Å². The van der Waals surface area contributed by atoms with Crippen molar-refractivity contribution in [3.8, 4) is 0 Å². The summed E-state index contributed by atoms with van der Waals surface area (Å²) in [6.45, 7) is 4.35. The van der Waals surface area contributed by atoms with Gasteiger partial charge in [-0.25, -0.2) is 14.8 Å². The Morgan fingerprint density at radius 1 is 1.41 bits per heavy atom. The lowest BCUT2D eigenvalue weighted by molar-refractivity contribution is 0.221. The Hall–Kier alpha value is -2.48. The van der Waals surface area contributed by atoms with Gasteiger partial charge >= 0.3 is 6.03 Å². The molecule has 22 heavy (non-hydrogen) atoms. The number of fused-ring (bicyclic) bond motifs is 1. The highest BCUT2D eigenvalue weighted by Gasteiger charge is 2.13. The molecule has 0 aliphatic heterocycles. The summed E-state index contributed by atoms with van der Waals surface area (Å²) < 4.78 is 1.62. The number of carbonyl (C=O) groups is 1. The molecule has 3 aromatic heterocycles. The van der Waals surface area contributed by atoms with Gasteiger partial charge in [-0.2, -0.15) is 9.61 Å². The van der Waals surface area contributed by atoms with Gasteiger partial charge in [-0.05, 0) is 19.9 Å². The van der Waals surface area contributed by atoms with Gasteiger partial charge in [0.15, 0.2) is 5.65 Å². The number of rotatable bonds is 3. The zero-order valence-electron chi connectivity index (χ0n) is 12.6. The Balaban J connectivity index is 1.75. The van der Waals surface area contributed by atoms with Crippen molar-refractivity contribution in [2.45, 2.75) is 20.4 Å². The maximum Gasteiger partial charge on any atom is 0.323 e. The van der Waals surface area contributed by atoms with Crippen molar-refractivity contribution in [3.05, 3.63) is 40.1 Å². The van der Waals surface area contributed by atoms with E-state index in [1.807, 2.05) is 19.9 Å². The molecule has 0 unspecified atom stereocenters. The Kier molecular flexibility index (Phi) is 3.76. The molecule has 7 nitrogen and oxygen atoms in total. The van der Waals surface area contributed by atoms with E-state index in [9.17, 15) is 4.79 Å². The first-order valence-corrected chi connectivity index (χ1v) is 7.59. The van der Waals surface area contributed by atoms with Gasteiger partial charge in [-0.3, -0.25) is 5.32 Å². The van der Waals surface area contributed by atoms with Crippen molar-refractivity contribution in [1.82, 2.24) is 24.5 Å². The van der Waals surface area contributed by atoms with E-state index in [-0.39, 0.29) is 6.03 Å². The Bertz CT molecular complexity index is 824. The number of hydrogen-bond donors (Lipinski definition) is 1. The van der Waals surface area contributed by atoms with Gasteiger partial charge in [-0.15, -0.1) is 11.3 Å². The molecule has 8 heteroatoms. The second kappa shape index (κ2) is 5.72. The van der Waals surface area contributed by atoms with E-state index < -0.39 is 0 Å². The maximum absolute atomic E-state index is 12.3. The van der Waals surface area contributed by atoms with Crippen LogP contribution in [0.4, 0.5) is 10.6 Å². The van der Waals surface area contributed by atoms with E-state index in [0.29, 0.717) is 18.0 Å². The molecule has 1 N–H and O–H groups in total. The van der Waals surface area contributed by atoms with Crippen LogP contribution in [-0.4, -0.2) is 37.6 Å². The molecule has 3 aromatic rings. The van der Waals surface area contributed by atoms with Crippen LogP contribution in [0.1, 0.15) is 15.6 Å². The van der Waals surface area contributed by atoms with Gasteiger partial charge in [0.1, 0.15) is 5.82 Å². The molecular formula is C14H16N6OS. The lowest BCUT2D eigenvalue weighted by Crippen LogP contribution is -2.31. The third kappa shape index (κ3) is 2.91. The Morgan fingerprint density at radius 2 is 2.23 bits per heavy atom. The second-order valence-electron chi connectivity index (χ2n) is 5.02. The molecule has 0 saturated heterocycles. The zero-order chi connectivity index (χ0) is 15.7. The number of aromatic nitrogens is 4. The molecule has 0 bridgehead atoms. The van der Waals surface area contributed by atoms with E-state index >= 15 is 0 Å². The Labute approximate surface area is 131 Å². The van der Waals surface area contributed by atoms with Crippen LogP contribution in [0.3, 0.4) is 0 Å². The quantitative estimate of drug-likeness (QED) is 0.805. The van der Waals surface area contributed by atoms with Crippen molar-refractivity contribution in [2.75, 3.05) is 12.4 Å². The Morgan fingerprint density at radius 3 is 2.95 bits per heavy atom. The number of hydrogen-bond acceptors (Lipinski definition) is 5. The molecule has 0 aromatic carbocycles. The summed E-state index contributed by atoms with van der Waals surface area (Å²) in [4.78, 5) is 23.4. The lowest BCUT2D eigenvalue weighted by Gasteiger charge is -2.17. The standard InChI is InChI=1S/C14H16N6OS/c1-9-6-13-15-5-4-12(20(13)18-9)17-14(21)19(3)8-11-7-16-10(2)22-11/h4-7H,8H2,1-3H3,(H,17,21). The molecule has 0 fully saturated rings. The summed E-state index contributed by atoms with van der Waals surface area (Å²) in [5.41, 5.74) is 1.55. The molecule has 2 amide bonds. The molecule has 3 rings (SSSR count). The van der Waals surface area contributed by atoms with Gasteiger partial charge in [0.2, 0.25) is 0 Å². The van der Waals surface area contributed by atoms with Gasteiger partial charge in [0.25, 0.3) is 0 Å². The first-order chi connectivity index (χ1) is 10.5. The number of nitrogens with one attached hydrogen (secondary N) is 1. The minimum atomic E-state index is -0.202. The highest BCUT2D eigenvalue weighted by Crippen LogP contribution is 2.15. The molecular weight excluding hydrogens is 300 g/mol. The topological polar surface area (TPSA) is 75.4 Å². The molecule has 0 aliphatic carbocycles. The first-order valence-electron chi connectivity index (χ1n) is 6.78. The van der Waals surface area contributed by atoms with Crippen LogP contribution in [-0.2, 0) is 6.54 Å². The van der Waals surface area contributed by atoms with Gasteiger partial charge in [0, 0.05) is 30.4 Å². The zero-order valence-corrected chi connectivity index (χ0v) is 13.4. The second-order valence-corrected chi connectivity index (χ2v) is 6.34. The molecule has 0 aliphatic rings. The van der Waals surface area contributed by atoms with E-state index in [1.54, 1.807) is 46.3 Å². The number of carbonyl (C=O) groups excluding carboxylic acids is 1. The highest BCUT2D eigenvalue weighted by molar-refractivity contribution is 7.11. The average Bonchev–Trinajstić information content (AvgIpc) is 3.04. The number of anilines is 1. The summed E-state index contributed by atoms with van der Waals surface area (Å²) in [6, 6.07) is 3.38. The summed E-state index contributed by atoms with van der Waals surface area (Å²) in [7, 11) is 1.75. The number of nitrogens with zero attached hydrogens (tertiary/aromatic N) is 5. The largest absolute Gasteiger partial charge is 0.323 e. The number of thiazole rings is 1. The number of aryl methyl sites for hydroxylation is 2. The third-order valence-corrected chi connectivity index (χ3v) is 4.02. The smallest absolute Gasteiger partial charge is 0.322 e. The van der Waals surface area contributed by atoms with Crippen LogP contribution >= 0.6 is 11.3 Å². The van der Waals surface area contributed by atoms with E-state index in [2.05, 4.69) is 20.4 Å². The van der Waals surface area contributed by atoms with E-state index in [1.165, 1.54) is 0 Å². The fourth-order valence-corrected chi connectivity index (χ4v) is 2.94. The predicted molar refractivity (Wildman–Crippen MR) is 85.1 cm³/mol. The molecule has 0 spiro atoms. The fourth-order valence-electron chi connectivity index (χ4n) is 2.09. The summed E-state index contributed by atoms with van der Waals surface area (Å²) in [6.07, 6.45) is 3.45. The normalized spacial score (nSPS) is 10.9. The van der Waals surface area contributed by atoms with E-state index in [0.717, 1.165) is 15.6 Å². The summed E-state index contributed by atoms with van der Waals surface area (Å²) >= 11 is 1.59. The van der Waals surface area contributed by atoms with E-state index in [4.69, 9.17) is 0 Å². The maximum atomic E-state index is 12.3. The van der Waals surface area contributed by atoms with Gasteiger partial charge < -0.3 is 4.90 Å². The summed E-state index contributed by atoms with van der Waals surface area (Å²) in [5.74, 6) is 0.593. The van der Waals surface area contributed by atoms with Crippen molar-refractivity contribution in [3.63, 3.8) is 0 Å². The van der Waals surface area contributed by atoms with Crippen molar-refractivity contribution >= 4 is 28.8 Å². The predicted octanol–water partition coefficient (Wildman–Crippen LogP) is 2.47. The van der Waals surface area contributed by atoms with Crippen LogP contribution in [0.15, 0.2) is 24.5 Å². The van der Waals surface area contributed by atoms with Crippen molar-refractivity contribution < 1.29 is 4.79 Å². The van der Waals surface area contributed by atoms with Gasteiger partial charge in [-0.1, -0.05) is 0 Å². The van der Waals surface area contributed by atoms with Crippen LogP contribution < -0.4 is 5.32 Å². The number of amides is 2. The fraction of sp³-hybridized carbons (Fsp3) is 0.286. The minimum absolute atomic E-state index is 0.202.